The summed E-state index contributed by atoms with van der Waals surface area (Å²) in [5.74, 6) is -5.92. The molecule has 0 aromatic heterocycles. The van der Waals surface area contributed by atoms with Crippen LogP contribution >= 0.6 is 23.5 Å². The monoisotopic (exact) mass is 738 g/mol. The van der Waals surface area contributed by atoms with Gasteiger partial charge in [0, 0.05) is 52.7 Å². The Morgan fingerprint density at radius 1 is 0.520 bits per heavy atom. The van der Waals surface area contributed by atoms with Crippen LogP contribution in [0.4, 0.5) is 0 Å². The highest BCUT2D eigenvalue weighted by molar-refractivity contribution is 8.08. The maximum Gasteiger partial charge on any atom is 0.303 e. The summed E-state index contributed by atoms with van der Waals surface area (Å²) < 4.78 is 44.2. The topological polar surface area (TPSA) is 210 Å². The van der Waals surface area contributed by atoms with Gasteiger partial charge in [-0.25, -0.2) is 0 Å². The van der Waals surface area contributed by atoms with E-state index in [0.717, 1.165) is 41.5 Å². The molecule has 2 saturated heterocycles. The highest BCUT2D eigenvalue weighted by atomic mass is 32.2. The quantitative estimate of drug-likeness (QED) is 0.248. The van der Waals surface area contributed by atoms with E-state index in [9.17, 15) is 38.4 Å². The molecule has 3 aliphatic rings. The number of ether oxygens (including phenoxy) is 8. The molecule has 0 amide bonds. The number of allylic oxidation sites excluding steroid dienone is 2. The van der Waals surface area contributed by atoms with Crippen LogP contribution in [0.2, 0.25) is 0 Å². The summed E-state index contributed by atoms with van der Waals surface area (Å²) >= 11 is 1.38. The molecule has 2 fully saturated rings. The molecule has 0 radical (unpaired) electrons. The molecule has 270 valence electrons. The van der Waals surface area contributed by atoms with Crippen molar-refractivity contribution in [1.82, 2.24) is 0 Å². The molecular weight excluding hydrogens is 704 g/mol. The predicted octanol–water partition coefficient (Wildman–Crippen LogP) is 2.05. The lowest BCUT2D eigenvalue weighted by Gasteiger charge is -2.41. The van der Waals surface area contributed by atoms with Gasteiger partial charge >= 0.3 is 35.8 Å². The molecule has 1 aliphatic carbocycles. The van der Waals surface area contributed by atoms with Gasteiger partial charge in [0.1, 0.15) is 10.9 Å². The van der Waals surface area contributed by atoms with Gasteiger partial charge in [-0.05, 0) is 0 Å². The first kappa shape index (κ1) is 38.5. The fraction of sp³-hybridized carbons (Fsp3) is 0.500. The first-order valence-electron chi connectivity index (χ1n) is 15.1. The minimum Gasteiger partial charge on any atom is -0.456 e. The van der Waals surface area contributed by atoms with E-state index in [1.54, 1.807) is 12.1 Å². The predicted molar refractivity (Wildman–Crippen MR) is 170 cm³/mol. The van der Waals surface area contributed by atoms with E-state index in [2.05, 4.69) is 0 Å². The number of thioether (sulfide) groups is 2. The Bertz CT molecular complexity index is 1490. The van der Waals surface area contributed by atoms with Crippen LogP contribution in [0.25, 0.3) is 0 Å². The Morgan fingerprint density at radius 2 is 0.820 bits per heavy atom. The fourth-order valence-electron chi connectivity index (χ4n) is 5.40. The number of benzene rings is 1. The number of Topliss-reactive ketones (excluding diaryl/α,β-unsaturated/α-hetero) is 2. The third-order valence-corrected chi connectivity index (χ3v) is 9.77. The van der Waals surface area contributed by atoms with Gasteiger partial charge in [0.05, 0.1) is 23.0 Å². The molecule has 2 aliphatic heterocycles. The molecule has 4 rings (SSSR count). The first-order valence-corrected chi connectivity index (χ1v) is 16.9. The zero-order chi connectivity index (χ0) is 36.9. The summed E-state index contributed by atoms with van der Waals surface area (Å²) in [4.78, 5) is 100. The fourth-order valence-corrected chi connectivity index (χ4v) is 7.97. The van der Waals surface area contributed by atoms with Gasteiger partial charge in [0.2, 0.25) is 11.6 Å². The largest absolute Gasteiger partial charge is 0.456 e. The lowest BCUT2D eigenvalue weighted by atomic mass is 9.94. The summed E-state index contributed by atoms with van der Waals surface area (Å²) in [7, 11) is 0. The van der Waals surface area contributed by atoms with E-state index < -0.39 is 94.9 Å². The maximum absolute atomic E-state index is 14.1. The number of rotatable bonds is 10. The van der Waals surface area contributed by atoms with E-state index in [0.29, 0.717) is 23.5 Å². The third-order valence-electron chi connectivity index (χ3n) is 7.11. The molecule has 1 aromatic rings. The van der Waals surface area contributed by atoms with Crippen LogP contribution in [0.15, 0.2) is 34.1 Å². The smallest absolute Gasteiger partial charge is 0.303 e. The summed E-state index contributed by atoms with van der Waals surface area (Å²) in [5.41, 5.74) is -2.48. The molecular formula is C32H34O16S2. The summed E-state index contributed by atoms with van der Waals surface area (Å²) in [6, 6.07) is 6.01. The van der Waals surface area contributed by atoms with Crippen LogP contribution in [0.3, 0.4) is 0 Å². The maximum atomic E-state index is 14.1. The Kier molecular flexibility index (Phi) is 12.8. The molecule has 0 N–H and O–H groups in total. The van der Waals surface area contributed by atoms with Crippen molar-refractivity contribution in [3.63, 3.8) is 0 Å². The average Bonchev–Trinajstić information content (AvgIpc) is 3.01. The minimum absolute atomic E-state index is 0.0485. The van der Waals surface area contributed by atoms with E-state index in [4.69, 9.17) is 37.9 Å². The van der Waals surface area contributed by atoms with Crippen LogP contribution in [-0.4, -0.2) is 108 Å². The van der Waals surface area contributed by atoms with Gasteiger partial charge in [-0.2, -0.15) is 0 Å². The number of hydrogen-bond donors (Lipinski definition) is 0. The molecule has 0 saturated carbocycles. The molecule has 18 heteroatoms. The van der Waals surface area contributed by atoms with E-state index in [-0.39, 0.29) is 34.2 Å². The van der Waals surface area contributed by atoms with Crippen molar-refractivity contribution in [1.29, 1.82) is 0 Å². The molecule has 0 bridgehead atoms. The molecule has 0 spiro atoms. The number of fused-ring (bicyclic) bond motifs is 1. The van der Waals surface area contributed by atoms with Crippen molar-refractivity contribution in [2.24, 2.45) is 0 Å². The van der Waals surface area contributed by atoms with Crippen LogP contribution in [0.5, 0.6) is 0 Å². The molecule has 1 aromatic carbocycles. The van der Waals surface area contributed by atoms with Crippen molar-refractivity contribution in [3.8, 4) is 0 Å². The van der Waals surface area contributed by atoms with Gasteiger partial charge in [-0.3, -0.25) is 38.4 Å². The van der Waals surface area contributed by atoms with Gasteiger partial charge in [0.15, 0.2) is 36.6 Å². The highest BCUT2D eigenvalue weighted by Gasteiger charge is 2.51. The van der Waals surface area contributed by atoms with Gasteiger partial charge < -0.3 is 37.9 Å². The van der Waals surface area contributed by atoms with E-state index in [1.807, 2.05) is 0 Å². The molecule has 8 atom stereocenters. The van der Waals surface area contributed by atoms with Crippen molar-refractivity contribution in [2.45, 2.75) is 89.0 Å². The summed E-state index contributed by atoms with van der Waals surface area (Å²) in [6.07, 6.45) is -7.96. The number of carbonyl (C=O) groups is 8. The second-order valence-electron chi connectivity index (χ2n) is 11.1. The van der Waals surface area contributed by atoms with Crippen LogP contribution in [-0.2, 0) is 66.7 Å². The van der Waals surface area contributed by atoms with E-state index >= 15 is 0 Å². The number of ketones is 2. The van der Waals surface area contributed by atoms with E-state index in [1.165, 1.54) is 12.1 Å². The second kappa shape index (κ2) is 16.6. The average molecular weight is 739 g/mol. The highest BCUT2D eigenvalue weighted by Crippen LogP contribution is 2.46. The Labute approximate surface area is 294 Å². The Morgan fingerprint density at radius 3 is 1.12 bits per heavy atom. The third kappa shape index (κ3) is 9.29. The standard InChI is InChI=1S/C32H34O16S2/c1-13(33)43-21-11-41-31(27(47-17(5)37)25(21)45-15(3)35)49-29-23(39)19-9-7-8-10-20(19)24(40)30(29)50-32-28(48-18(6)38)26(46-16(4)36)22(12-42-32)44-14(2)34/h7-10,21-22,25-28,31-32H,11-12H2,1-6H3/t21-,22-,25+,26+,27-,28+,31+,32+/m1/s1. The van der Waals surface area contributed by atoms with Crippen LogP contribution < -0.4 is 0 Å². The lowest BCUT2D eigenvalue weighted by Crippen LogP contribution is -2.56. The second-order valence-corrected chi connectivity index (χ2v) is 13.3. The van der Waals surface area contributed by atoms with Crippen molar-refractivity contribution < 1.29 is 76.3 Å². The SMILES string of the molecule is CC(=O)O[C@@H]1[C@@H](OC(C)=O)[C@H](SC2=C(S[C@@H]3OC[C@@H](OC(C)=O)[C@H](OC(C)=O)[C@@H]3OC(C)=O)C(=O)c3ccccc3C2=O)OC[C@H]1OC(C)=O. The van der Waals surface area contributed by atoms with Crippen LogP contribution in [0, 0.1) is 0 Å². The van der Waals surface area contributed by atoms with Crippen molar-refractivity contribution in [2.75, 3.05) is 13.2 Å². The van der Waals surface area contributed by atoms with Crippen molar-refractivity contribution in [3.05, 3.63) is 45.2 Å². The van der Waals surface area contributed by atoms with Gasteiger partial charge in [-0.1, -0.05) is 47.8 Å². The minimum atomic E-state index is -1.43. The molecule has 16 nitrogen and oxygen atoms in total. The number of esters is 6. The lowest BCUT2D eigenvalue weighted by molar-refractivity contribution is -0.213. The molecule has 2 heterocycles. The molecule has 0 unspecified atom stereocenters. The summed E-state index contributed by atoms with van der Waals surface area (Å²) in [6.45, 7) is 5.95. The normalized spacial score (nSPS) is 27.7. The zero-order valence-corrected chi connectivity index (χ0v) is 29.3. The van der Waals surface area contributed by atoms with Gasteiger partial charge in [-0.15, -0.1) is 0 Å². The Balaban J connectivity index is 1.80. The molecule has 50 heavy (non-hydrogen) atoms. The Hall–Kier alpha value is -4.26. The first-order chi connectivity index (χ1) is 23.6. The summed E-state index contributed by atoms with van der Waals surface area (Å²) in [5, 5.41) is 0. The van der Waals surface area contributed by atoms with Crippen LogP contribution in [0.1, 0.15) is 62.3 Å². The van der Waals surface area contributed by atoms with Crippen molar-refractivity contribution >= 4 is 70.9 Å². The number of hydrogen-bond acceptors (Lipinski definition) is 18. The number of carbonyl (C=O) groups excluding carboxylic acids is 8. The van der Waals surface area contributed by atoms with Gasteiger partial charge in [0.25, 0.3) is 0 Å². The zero-order valence-electron chi connectivity index (χ0n) is 27.7.